The van der Waals surface area contributed by atoms with E-state index in [1.807, 2.05) is 6.92 Å². The molecule has 6 nitrogen and oxygen atoms in total. The zero-order valence-corrected chi connectivity index (χ0v) is 15.7. The number of sulfonamides is 1. The van der Waals surface area contributed by atoms with Gasteiger partial charge >= 0.3 is 0 Å². The fourth-order valence-corrected chi connectivity index (χ4v) is 3.91. The Bertz CT molecular complexity index is 898. The van der Waals surface area contributed by atoms with Crippen molar-refractivity contribution in [3.63, 3.8) is 0 Å². The second-order valence-electron chi connectivity index (χ2n) is 6.45. The SMILES string of the molecule is CC1CN(C(=O)Cc2ccc(NS(=O)(=O)c3ccc(F)cc3)cc2)CCO1. The maximum Gasteiger partial charge on any atom is 0.261 e. The van der Waals surface area contributed by atoms with Crippen LogP contribution >= 0.6 is 0 Å². The molecule has 1 aliphatic rings. The minimum absolute atomic E-state index is 0.0183. The average Bonchev–Trinajstić information content (AvgIpc) is 2.63. The van der Waals surface area contributed by atoms with E-state index in [-0.39, 0.29) is 23.3 Å². The van der Waals surface area contributed by atoms with E-state index in [9.17, 15) is 17.6 Å². The second kappa shape index (κ2) is 8.06. The lowest BCUT2D eigenvalue weighted by atomic mass is 10.1. The largest absolute Gasteiger partial charge is 0.375 e. The molecule has 2 aromatic carbocycles. The Kier molecular flexibility index (Phi) is 5.76. The summed E-state index contributed by atoms with van der Waals surface area (Å²) in [5, 5.41) is 0. The van der Waals surface area contributed by atoms with Gasteiger partial charge in [-0.3, -0.25) is 9.52 Å². The summed E-state index contributed by atoms with van der Waals surface area (Å²) in [6.45, 7) is 3.63. The number of anilines is 1. The van der Waals surface area contributed by atoms with Gasteiger partial charge in [-0.1, -0.05) is 12.1 Å². The predicted octanol–water partition coefficient (Wildman–Crippen LogP) is 2.42. The molecular formula is C19H21FN2O4S. The molecule has 0 bridgehead atoms. The first-order chi connectivity index (χ1) is 12.8. The molecule has 0 spiro atoms. The Hall–Kier alpha value is -2.45. The molecule has 1 atom stereocenters. The van der Waals surface area contributed by atoms with Crippen LogP contribution in [-0.4, -0.2) is 45.0 Å². The number of hydrogen-bond acceptors (Lipinski definition) is 4. The maximum atomic E-state index is 13.0. The molecule has 27 heavy (non-hydrogen) atoms. The number of nitrogens with one attached hydrogen (secondary N) is 1. The minimum Gasteiger partial charge on any atom is -0.375 e. The highest BCUT2D eigenvalue weighted by atomic mass is 32.2. The normalized spacial score (nSPS) is 17.6. The van der Waals surface area contributed by atoms with Crippen LogP contribution in [-0.2, 0) is 26.0 Å². The first-order valence-corrected chi connectivity index (χ1v) is 10.1. The Morgan fingerprint density at radius 1 is 1.19 bits per heavy atom. The van der Waals surface area contributed by atoms with Crippen LogP contribution in [0.2, 0.25) is 0 Å². The molecule has 0 aliphatic carbocycles. The predicted molar refractivity (Wildman–Crippen MR) is 99.3 cm³/mol. The summed E-state index contributed by atoms with van der Waals surface area (Å²) in [4.78, 5) is 14.1. The lowest BCUT2D eigenvalue weighted by molar-refractivity contribution is -0.137. The van der Waals surface area contributed by atoms with Gasteiger partial charge in [0.1, 0.15) is 5.82 Å². The quantitative estimate of drug-likeness (QED) is 0.848. The molecule has 0 saturated carbocycles. The molecule has 8 heteroatoms. The van der Waals surface area contributed by atoms with Crippen molar-refractivity contribution in [2.45, 2.75) is 24.3 Å². The highest BCUT2D eigenvalue weighted by Crippen LogP contribution is 2.18. The summed E-state index contributed by atoms with van der Waals surface area (Å²) in [6, 6.07) is 11.2. The first kappa shape index (κ1) is 19.3. The molecule has 0 radical (unpaired) electrons. The molecule has 0 aromatic heterocycles. The molecule has 1 unspecified atom stereocenters. The summed E-state index contributed by atoms with van der Waals surface area (Å²) in [5.41, 5.74) is 1.17. The number of rotatable bonds is 5. The van der Waals surface area contributed by atoms with Gasteiger partial charge in [0.05, 0.1) is 24.0 Å². The monoisotopic (exact) mass is 392 g/mol. The summed E-state index contributed by atoms with van der Waals surface area (Å²) in [7, 11) is -3.79. The van der Waals surface area contributed by atoms with Crippen molar-refractivity contribution >= 4 is 21.6 Å². The number of halogens is 1. The van der Waals surface area contributed by atoms with Crippen LogP contribution < -0.4 is 4.72 Å². The van der Waals surface area contributed by atoms with E-state index in [1.165, 1.54) is 12.1 Å². The van der Waals surface area contributed by atoms with Gasteiger partial charge in [-0.05, 0) is 48.9 Å². The van der Waals surface area contributed by atoms with E-state index in [2.05, 4.69) is 4.72 Å². The second-order valence-corrected chi connectivity index (χ2v) is 8.14. The third kappa shape index (κ3) is 5.05. The van der Waals surface area contributed by atoms with Crippen molar-refractivity contribution in [3.8, 4) is 0 Å². The topological polar surface area (TPSA) is 75.7 Å². The lowest BCUT2D eigenvalue weighted by Gasteiger charge is -2.31. The number of amides is 1. The molecule has 1 saturated heterocycles. The van der Waals surface area contributed by atoms with Crippen LogP contribution in [0.15, 0.2) is 53.4 Å². The summed E-state index contributed by atoms with van der Waals surface area (Å²) < 4.78 is 45.4. The van der Waals surface area contributed by atoms with Crippen LogP contribution in [0.3, 0.4) is 0 Å². The van der Waals surface area contributed by atoms with Gasteiger partial charge < -0.3 is 9.64 Å². The van der Waals surface area contributed by atoms with Crippen LogP contribution in [0.1, 0.15) is 12.5 Å². The van der Waals surface area contributed by atoms with Crippen molar-refractivity contribution in [1.82, 2.24) is 4.90 Å². The Morgan fingerprint density at radius 3 is 2.48 bits per heavy atom. The summed E-state index contributed by atoms with van der Waals surface area (Å²) in [6.07, 6.45) is 0.281. The first-order valence-electron chi connectivity index (χ1n) is 8.60. The smallest absolute Gasteiger partial charge is 0.261 e. The standard InChI is InChI=1S/C19H21FN2O4S/c1-14-13-22(10-11-26-14)19(23)12-15-2-6-17(7-3-15)21-27(24,25)18-8-4-16(20)5-9-18/h2-9,14,21H,10-13H2,1H3. The van der Waals surface area contributed by atoms with Gasteiger partial charge in [0.15, 0.2) is 0 Å². The van der Waals surface area contributed by atoms with Gasteiger partial charge in [-0.15, -0.1) is 0 Å². The molecule has 1 fully saturated rings. The van der Waals surface area contributed by atoms with E-state index < -0.39 is 15.8 Å². The zero-order chi connectivity index (χ0) is 19.4. The molecule has 1 heterocycles. The number of benzene rings is 2. The van der Waals surface area contributed by atoms with Crippen molar-refractivity contribution < 1.29 is 22.3 Å². The molecule has 1 aliphatic heterocycles. The van der Waals surface area contributed by atoms with E-state index >= 15 is 0 Å². The van der Waals surface area contributed by atoms with Gasteiger partial charge in [0.2, 0.25) is 5.91 Å². The minimum atomic E-state index is -3.79. The number of carbonyl (C=O) groups is 1. The van der Waals surface area contributed by atoms with Gasteiger partial charge in [0.25, 0.3) is 10.0 Å². The van der Waals surface area contributed by atoms with Crippen molar-refractivity contribution in [2.75, 3.05) is 24.4 Å². The Morgan fingerprint density at radius 2 is 1.85 bits per heavy atom. The van der Waals surface area contributed by atoms with Crippen molar-refractivity contribution in [2.24, 2.45) is 0 Å². The number of carbonyl (C=O) groups excluding carboxylic acids is 1. The van der Waals surface area contributed by atoms with Gasteiger partial charge in [-0.2, -0.15) is 0 Å². The van der Waals surface area contributed by atoms with Crippen LogP contribution in [0, 0.1) is 5.82 Å². The number of nitrogens with zero attached hydrogens (tertiary/aromatic N) is 1. The average molecular weight is 392 g/mol. The zero-order valence-electron chi connectivity index (χ0n) is 14.9. The highest BCUT2D eigenvalue weighted by Gasteiger charge is 2.21. The third-order valence-corrected chi connectivity index (χ3v) is 5.68. The summed E-state index contributed by atoms with van der Waals surface area (Å²) >= 11 is 0. The van der Waals surface area contributed by atoms with E-state index in [1.54, 1.807) is 29.2 Å². The molecule has 1 amide bonds. The van der Waals surface area contributed by atoms with Crippen molar-refractivity contribution in [3.05, 3.63) is 59.9 Å². The Labute approximate surface area is 158 Å². The van der Waals surface area contributed by atoms with Gasteiger partial charge in [-0.25, -0.2) is 12.8 Å². The molecular weight excluding hydrogens is 371 g/mol. The molecule has 144 valence electrons. The fourth-order valence-electron chi connectivity index (χ4n) is 2.85. The number of ether oxygens (including phenoxy) is 1. The van der Waals surface area contributed by atoms with Gasteiger partial charge in [0, 0.05) is 18.8 Å². The van der Waals surface area contributed by atoms with Crippen LogP contribution in [0.25, 0.3) is 0 Å². The van der Waals surface area contributed by atoms with E-state index in [0.717, 1.165) is 17.7 Å². The Balaban J connectivity index is 1.63. The van der Waals surface area contributed by atoms with E-state index in [4.69, 9.17) is 4.74 Å². The van der Waals surface area contributed by atoms with Crippen molar-refractivity contribution in [1.29, 1.82) is 0 Å². The third-order valence-electron chi connectivity index (χ3n) is 4.28. The highest BCUT2D eigenvalue weighted by molar-refractivity contribution is 7.92. The maximum absolute atomic E-state index is 13.0. The van der Waals surface area contributed by atoms with E-state index in [0.29, 0.717) is 25.4 Å². The molecule has 1 N–H and O–H groups in total. The molecule has 3 rings (SSSR count). The molecule has 2 aromatic rings. The van der Waals surface area contributed by atoms with Crippen LogP contribution in [0.4, 0.5) is 10.1 Å². The lowest BCUT2D eigenvalue weighted by Crippen LogP contribution is -2.45. The number of morpholine rings is 1. The van der Waals surface area contributed by atoms with Crippen LogP contribution in [0.5, 0.6) is 0 Å². The summed E-state index contributed by atoms with van der Waals surface area (Å²) in [5.74, 6) is -0.484. The number of hydrogen-bond donors (Lipinski definition) is 1. The fraction of sp³-hybridized carbons (Fsp3) is 0.316.